The molecule has 1 heterocycles. The molecule has 0 aliphatic carbocycles. The van der Waals surface area contributed by atoms with Crippen LogP contribution in [0, 0.1) is 5.92 Å². The molecule has 1 fully saturated rings. The van der Waals surface area contributed by atoms with Gasteiger partial charge in [0, 0.05) is 19.6 Å². The molecule has 0 aromatic heterocycles. The predicted octanol–water partition coefficient (Wildman–Crippen LogP) is -0.491. The number of carbonyl (C=O) groups is 2. The van der Waals surface area contributed by atoms with E-state index in [0.29, 0.717) is 19.5 Å². The van der Waals surface area contributed by atoms with Crippen molar-refractivity contribution in [2.45, 2.75) is 19.8 Å². The maximum absolute atomic E-state index is 11.7. The maximum Gasteiger partial charge on any atom is 0.306 e. The summed E-state index contributed by atoms with van der Waals surface area (Å²) in [7, 11) is 0. The number of aliphatic carboxylic acids is 1. The van der Waals surface area contributed by atoms with Gasteiger partial charge >= 0.3 is 5.97 Å². The van der Waals surface area contributed by atoms with Crippen LogP contribution in [-0.2, 0) is 9.59 Å². The third-order valence-corrected chi connectivity index (χ3v) is 3.12. The average Bonchev–Trinajstić information content (AvgIpc) is 2.57. The van der Waals surface area contributed by atoms with Crippen molar-refractivity contribution >= 4 is 11.9 Å². The second-order valence-electron chi connectivity index (χ2n) is 4.76. The molecule has 1 atom stereocenters. The van der Waals surface area contributed by atoms with Gasteiger partial charge in [-0.05, 0) is 25.9 Å². The van der Waals surface area contributed by atoms with Crippen LogP contribution in [0.1, 0.15) is 19.8 Å². The molecule has 0 bridgehead atoms. The molecule has 6 nitrogen and oxygen atoms in total. The highest BCUT2D eigenvalue weighted by molar-refractivity contribution is 5.78. The highest BCUT2D eigenvalue weighted by Crippen LogP contribution is 2.00. The summed E-state index contributed by atoms with van der Waals surface area (Å²) in [5.41, 5.74) is 0. The maximum atomic E-state index is 11.7. The van der Waals surface area contributed by atoms with Crippen molar-refractivity contribution in [1.29, 1.82) is 0 Å². The van der Waals surface area contributed by atoms with Crippen LogP contribution in [0.2, 0.25) is 0 Å². The Bertz CT molecular complexity index is 276. The van der Waals surface area contributed by atoms with Gasteiger partial charge in [-0.3, -0.25) is 14.5 Å². The fourth-order valence-electron chi connectivity index (χ4n) is 1.87. The van der Waals surface area contributed by atoms with Crippen molar-refractivity contribution < 1.29 is 14.7 Å². The molecular weight excluding hydrogens is 234 g/mol. The molecule has 1 amide bonds. The second kappa shape index (κ2) is 8.05. The minimum Gasteiger partial charge on any atom is -0.481 e. The molecule has 104 valence electrons. The summed E-state index contributed by atoms with van der Waals surface area (Å²) in [6.45, 7) is 6.24. The van der Waals surface area contributed by atoms with Crippen molar-refractivity contribution in [3.8, 4) is 0 Å². The molecule has 6 heteroatoms. The highest BCUT2D eigenvalue weighted by Gasteiger charge is 2.14. The number of amides is 1. The minimum absolute atomic E-state index is 0.0190. The molecule has 0 aromatic carbocycles. The van der Waals surface area contributed by atoms with E-state index in [1.54, 1.807) is 6.92 Å². The lowest BCUT2D eigenvalue weighted by molar-refractivity contribution is -0.141. The Labute approximate surface area is 108 Å². The van der Waals surface area contributed by atoms with Crippen LogP contribution in [0.5, 0.6) is 0 Å². The monoisotopic (exact) mass is 257 g/mol. The zero-order valence-electron chi connectivity index (χ0n) is 10.9. The lowest BCUT2D eigenvalue weighted by atomic mass is 10.1. The normalized spacial score (nSPS) is 18.9. The molecular formula is C12H23N3O3. The molecule has 1 saturated heterocycles. The van der Waals surface area contributed by atoms with Gasteiger partial charge in [0.1, 0.15) is 0 Å². The van der Waals surface area contributed by atoms with Gasteiger partial charge in [0.25, 0.3) is 0 Å². The van der Waals surface area contributed by atoms with Crippen molar-refractivity contribution in [1.82, 2.24) is 15.5 Å². The topological polar surface area (TPSA) is 81.7 Å². The van der Waals surface area contributed by atoms with E-state index in [1.165, 1.54) is 0 Å². The van der Waals surface area contributed by atoms with E-state index in [4.69, 9.17) is 5.11 Å². The van der Waals surface area contributed by atoms with Crippen LogP contribution < -0.4 is 10.6 Å². The first-order valence-electron chi connectivity index (χ1n) is 6.52. The zero-order chi connectivity index (χ0) is 13.4. The average molecular weight is 257 g/mol. The molecule has 1 unspecified atom stereocenters. The summed E-state index contributed by atoms with van der Waals surface area (Å²) in [6, 6.07) is 0. The molecule has 0 radical (unpaired) electrons. The van der Waals surface area contributed by atoms with Crippen molar-refractivity contribution in [2.75, 3.05) is 39.3 Å². The summed E-state index contributed by atoms with van der Waals surface area (Å²) < 4.78 is 0. The number of nitrogens with one attached hydrogen (secondary N) is 2. The molecule has 0 aromatic rings. The Balaban J connectivity index is 2.14. The van der Waals surface area contributed by atoms with Gasteiger partial charge in [-0.2, -0.15) is 0 Å². The number of rotatable bonds is 6. The van der Waals surface area contributed by atoms with Gasteiger partial charge in [-0.15, -0.1) is 0 Å². The fraction of sp³-hybridized carbons (Fsp3) is 0.833. The predicted molar refractivity (Wildman–Crippen MR) is 68.4 cm³/mol. The first-order valence-corrected chi connectivity index (χ1v) is 6.52. The third-order valence-electron chi connectivity index (χ3n) is 3.12. The SMILES string of the molecule is CC(CCNC(=O)CN1CCCNCC1)C(=O)O. The summed E-state index contributed by atoms with van der Waals surface area (Å²) in [6.07, 6.45) is 1.53. The summed E-state index contributed by atoms with van der Waals surface area (Å²) in [5, 5.41) is 14.8. The number of hydrogen-bond donors (Lipinski definition) is 3. The van der Waals surface area contributed by atoms with Crippen LogP contribution in [0.25, 0.3) is 0 Å². The van der Waals surface area contributed by atoms with E-state index in [0.717, 1.165) is 32.6 Å². The molecule has 0 saturated carbocycles. The smallest absolute Gasteiger partial charge is 0.306 e. The number of hydrogen-bond acceptors (Lipinski definition) is 4. The largest absolute Gasteiger partial charge is 0.481 e. The van der Waals surface area contributed by atoms with Gasteiger partial charge in [0.15, 0.2) is 0 Å². The van der Waals surface area contributed by atoms with Crippen LogP contribution in [0.15, 0.2) is 0 Å². The van der Waals surface area contributed by atoms with Gasteiger partial charge in [-0.25, -0.2) is 0 Å². The summed E-state index contributed by atoms with van der Waals surface area (Å²) >= 11 is 0. The van der Waals surface area contributed by atoms with E-state index in [1.807, 2.05) is 0 Å². The van der Waals surface area contributed by atoms with Crippen LogP contribution in [0.4, 0.5) is 0 Å². The highest BCUT2D eigenvalue weighted by atomic mass is 16.4. The molecule has 18 heavy (non-hydrogen) atoms. The van der Waals surface area contributed by atoms with Gasteiger partial charge in [0.05, 0.1) is 12.5 Å². The minimum atomic E-state index is -0.817. The Hall–Kier alpha value is -1.14. The number of nitrogens with zero attached hydrogens (tertiary/aromatic N) is 1. The second-order valence-corrected chi connectivity index (χ2v) is 4.76. The van der Waals surface area contributed by atoms with Crippen molar-refractivity contribution in [3.05, 3.63) is 0 Å². The molecule has 1 aliphatic rings. The van der Waals surface area contributed by atoms with Gasteiger partial charge in [0.2, 0.25) is 5.91 Å². The van der Waals surface area contributed by atoms with Crippen LogP contribution in [-0.4, -0.2) is 61.2 Å². The van der Waals surface area contributed by atoms with E-state index in [2.05, 4.69) is 15.5 Å². The number of carboxylic acid groups (broad SMARTS) is 1. The molecule has 1 aliphatic heterocycles. The lowest BCUT2D eigenvalue weighted by Crippen LogP contribution is -2.39. The molecule has 3 N–H and O–H groups in total. The zero-order valence-corrected chi connectivity index (χ0v) is 10.9. The quantitative estimate of drug-likeness (QED) is 0.598. The van der Waals surface area contributed by atoms with Crippen molar-refractivity contribution in [3.63, 3.8) is 0 Å². The molecule has 0 spiro atoms. The van der Waals surface area contributed by atoms with Gasteiger partial charge in [-0.1, -0.05) is 6.92 Å². The lowest BCUT2D eigenvalue weighted by Gasteiger charge is -2.18. The third kappa shape index (κ3) is 5.97. The van der Waals surface area contributed by atoms with E-state index in [-0.39, 0.29) is 5.91 Å². The fourth-order valence-corrected chi connectivity index (χ4v) is 1.87. The van der Waals surface area contributed by atoms with Crippen molar-refractivity contribution in [2.24, 2.45) is 5.92 Å². The Morgan fingerprint density at radius 3 is 2.89 bits per heavy atom. The number of carbonyl (C=O) groups excluding carboxylic acids is 1. The summed E-state index contributed by atoms with van der Waals surface area (Å²) in [5.74, 6) is -1.25. The van der Waals surface area contributed by atoms with Crippen LogP contribution in [0.3, 0.4) is 0 Å². The summed E-state index contributed by atoms with van der Waals surface area (Å²) in [4.78, 5) is 24.4. The van der Waals surface area contributed by atoms with E-state index < -0.39 is 11.9 Å². The van der Waals surface area contributed by atoms with E-state index >= 15 is 0 Å². The van der Waals surface area contributed by atoms with Crippen LogP contribution >= 0.6 is 0 Å². The van der Waals surface area contributed by atoms with Gasteiger partial charge < -0.3 is 15.7 Å². The Kier molecular flexibility index (Phi) is 6.67. The first-order chi connectivity index (χ1) is 8.59. The molecule has 1 rings (SSSR count). The Morgan fingerprint density at radius 1 is 1.39 bits per heavy atom. The Morgan fingerprint density at radius 2 is 2.17 bits per heavy atom. The standard InChI is InChI=1S/C12H23N3O3/c1-10(12(17)18)3-5-14-11(16)9-15-7-2-4-13-6-8-15/h10,13H,2-9H2,1H3,(H,14,16)(H,17,18). The first kappa shape index (κ1) is 14.9. The van der Waals surface area contributed by atoms with E-state index in [9.17, 15) is 9.59 Å². The number of carboxylic acids is 1.